The maximum absolute atomic E-state index is 12.3. The molecule has 0 aromatic carbocycles. The summed E-state index contributed by atoms with van der Waals surface area (Å²) in [5.74, 6) is -2.25. The Morgan fingerprint density at radius 3 is 2.67 bits per heavy atom. The third-order valence-corrected chi connectivity index (χ3v) is 6.82. The van der Waals surface area contributed by atoms with Crippen molar-refractivity contribution in [3.8, 4) is 0 Å². The maximum Gasteiger partial charge on any atom is 0.334 e. The van der Waals surface area contributed by atoms with Gasteiger partial charge in [0.25, 0.3) is 0 Å². The lowest BCUT2D eigenvalue weighted by Crippen LogP contribution is -2.48. The molecule has 27 heavy (non-hydrogen) atoms. The van der Waals surface area contributed by atoms with Crippen molar-refractivity contribution < 1.29 is 34.0 Å². The molecule has 0 amide bonds. The Bertz CT molecular complexity index is 698. The van der Waals surface area contributed by atoms with E-state index in [1.165, 1.54) is 0 Å². The first-order valence-corrected chi connectivity index (χ1v) is 9.65. The lowest BCUT2D eigenvalue weighted by atomic mass is 9.74. The van der Waals surface area contributed by atoms with Crippen molar-refractivity contribution in [2.75, 3.05) is 0 Å². The predicted molar refractivity (Wildman–Crippen MR) is 93.4 cm³/mol. The Balaban J connectivity index is 1.72. The highest BCUT2D eigenvalue weighted by atomic mass is 16.6. The summed E-state index contributed by atoms with van der Waals surface area (Å²) in [5.41, 5.74) is -1.72. The Kier molecular flexibility index (Phi) is 4.05. The van der Waals surface area contributed by atoms with Crippen LogP contribution in [0.3, 0.4) is 0 Å². The van der Waals surface area contributed by atoms with Crippen LogP contribution in [0, 0.1) is 23.7 Å². The monoisotopic (exact) mass is 380 g/mol. The highest BCUT2D eigenvalue weighted by Crippen LogP contribution is 2.64. The molecule has 0 spiro atoms. The molecular weight excluding hydrogens is 352 g/mol. The van der Waals surface area contributed by atoms with Crippen molar-refractivity contribution in [1.82, 2.24) is 0 Å². The van der Waals surface area contributed by atoms with Crippen molar-refractivity contribution in [1.29, 1.82) is 0 Å². The standard InChI is InChI=1S/C20H28O7/c1-8(2)6-11(21)25-10-7-19(4,24)13-14(20(5)17(27-20)15(13)22)16-12(10)9(3)18(23)26-16/h8,10,12-17,22,24H,3,6-7H2,1-2,4-5H3/t10-,12-,13+,14+,15+,16-,17-,19-,20+/m1/s1. The van der Waals surface area contributed by atoms with Crippen LogP contribution in [-0.2, 0) is 23.8 Å². The first-order chi connectivity index (χ1) is 12.5. The number of hydrogen-bond donors (Lipinski definition) is 2. The largest absolute Gasteiger partial charge is 0.461 e. The van der Waals surface area contributed by atoms with Crippen LogP contribution in [0.5, 0.6) is 0 Å². The normalized spacial score (nSPS) is 50.6. The lowest BCUT2D eigenvalue weighted by molar-refractivity contribution is -0.157. The topological polar surface area (TPSA) is 106 Å². The van der Waals surface area contributed by atoms with Gasteiger partial charge in [0.05, 0.1) is 17.6 Å². The molecule has 2 saturated carbocycles. The number of epoxide rings is 1. The van der Waals surface area contributed by atoms with E-state index in [4.69, 9.17) is 14.2 Å². The van der Waals surface area contributed by atoms with E-state index < -0.39 is 53.2 Å². The summed E-state index contributed by atoms with van der Waals surface area (Å²) in [6, 6.07) is 0. The number of ether oxygens (including phenoxy) is 3. The number of fused-ring (bicyclic) bond motifs is 5. The molecule has 0 radical (unpaired) electrons. The summed E-state index contributed by atoms with van der Waals surface area (Å²) in [6.45, 7) is 11.2. The minimum absolute atomic E-state index is 0.106. The van der Waals surface area contributed by atoms with Gasteiger partial charge in [-0.3, -0.25) is 4.79 Å². The first-order valence-electron chi connectivity index (χ1n) is 9.65. The molecule has 0 aromatic heterocycles. The smallest absolute Gasteiger partial charge is 0.334 e. The molecule has 0 aromatic rings. The zero-order valence-corrected chi connectivity index (χ0v) is 16.2. The average molecular weight is 380 g/mol. The van der Waals surface area contributed by atoms with Gasteiger partial charge in [-0.05, 0) is 19.8 Å². The van der Waals surface area contributed by atoms with Crippen LogP contribution in [0.2, 0.25) is 0 Å². The van der Waals surface area contributed by atoms with Crippen LogP contribution in [0.25, 0.3) is 0 Å². The van der Waals surface area contributed by atoms with E-state index in [2.05, 4.69) is 6.58 Å². The van der Waals surface area contributed by atoms with Gasteiger partial charge in [-0.25, -0.2) is 4.79 Å². The van der Waals surface area contributed by atoms with Gasteiger partial charge in [-0.15, -0.1) is 0 Å². The molecule has 4 aliphatic rings. The fourth-order valence-electron chi connectivity index (χ4n) is 5.63. The fourth-order valence-corrected chi connectivity index (χ4v) is 5.63. The number of carbonyl (C=O) groups excluding carboxylic acids is 2. The van der Waals surface area contributed by atoms with Crippen molar-refractivity contribution >= 4 is 11.9 Å². The molecule has 7 nitrogen and oxygen atoms in total. The molecule has 9 atom stereocenters. The van der Waals surface area contributed by atoms with Gasteiger partial charge >= 0.3 is 11.9 Å². The molecule has 2 aliphatic carbocycles. The van der Waals surface area contributed by atoms with E-state index in [0.29, 0.717) is 0 Å². The first kappa shape index (κ1) is 18.9. The molecule has 2 aliphatic heterocycles. The number of hydrogen-bond acceptors (Lipinski definition) is 7. The molecule has 0 bridgehead atoms. The number of esters is 2. The zero-order valence-electron chi connectivity index (χ0n) is 16.2. The van der Waals surface area contributed by atoms with E-state index in [9.17, 15) is 19.8 Å². The molecule has 0 unspecified atom stereocenters. The summed E-state index contributed by atoms with van der Waals surface area (Å²) >= 11 is 0. The lowest BCUT2D eigenvalue weighted by Gasteiger charge is -2.38. The summed E-state index contributed by atoms with van der Waals surface area (Å²) < 4.78 is 17.1. The summed E-state index contributed by atoms with van der Waals surface area (Å²) in [7, 11) is 0. The summed E-state index contributed by atoms with van der Waals surface area (Å²) in [4.78, 5) is 24.6. The Hall–Kier alpha value is -1.44. The molecule has 150 valence electrons. The Morgan fingerprint density at radius 2 is 2.04 bits per heavy atom. The SMILES string of the molecule is C=C1C(=O)O[C@@H]2[C@H]1[C@H](OC(=O)CC(C)C)C[C@@](C)(O)[C@@H]1[C@H](O)[C@H]3O[C@@]3(C)[C@H]21. The number of aliphatic hydroxyl groups excluding tert-OH is 1. The van der Waals surface area contributed by atoms with Gasteiger partial charge in [0.15, 0.2) is 0 Å². The van der Waals surface area contributed by atoms with Crippen LogP contribution in [-0.4, -0.2) is 57.8 Å². The number of carbonyl (C=O) groups is 2. The van der Waals surface area contributed by atoms with Gasteiger partial charge < -0.3 is 24.4 Å². The van der Waals surface area contributed by atoms with E-state index in [-0.39, 0.29) is 36.4 Å². The third-order valence-electron chi connectivity index (χ3n) is 6.82. The quantitative estimate of drug-likeness (QED) is 0.427. The number of aliphatic hydroxyl groups is 2. The van der Waals surface area contributed by atoms with Crippen LogP contribution in [0.4, 0.5) is 0 Å². The van der Waals surface area contributed by atoms with Gasteiger partial charge in [-0.2, -0.15) is 0 Å². The molecular formula is C20H28O7. The molecule has 7 heteroatoms. The maximum atomic E-state index is 12.3. The Morgan fingerprint density at radius 1 is 1.37 bits per heavy atom. The van der Waals surface area contributed by atoms with Crippen LogP contribution < -0.4 is 0 Å². The molecule has 4 fully saturated rings. The molecule has 2 N–H and O–H groups in total. The van der Waals surface area contributed by atoms with Gasteiger partial charge in [0.1, 0.15) is 23.9 Å². The highest BCUT2D eigenvalue weighted by molar-refractivity contribution is 5.91. The van der Waals surface area contributed by atoms with Gasteiger partial charge in [-0.1, -0.05) is 20.4 Å². The van der Waals surface area contributed by atoms with Gasteiger partial charge in [0, 0.05) is 30.3 Å². The summed E-state index contributed by atoms with van der Waals surface area (Å²) in [5, 5.41) is 22.0. The van der Waals surface area contributed by atoms with Gasteiger partial charge in [0.2, 0.25) is 0 Å². The van der Waals surface area contributed by atoms with Crippen molar-refractivity contribution in [3.05, 3.63) is 12.2 Å². The zero-order chi connectivity index (χ0) is 19.9. The fraction of sp³-hybridized carbons (Fsp3) is 0.800. The van der Waals surface area contributed by atoms with E-state index in [0.717, 1.165) is 0 Å². The summed E-state index contributed by atoms with van der Waals surface area (Å²) in [6.07, 6.45) is -2.29. The molecule has 2 saturated heterocycles. The van der Waals surface area contributed by atoms with E-state index in [1.807, 2.05) is 20.8 Å². The minimum atomic E-state index is -1.30. The minimum Gasteiger partial charge on any atom is -0.461 e. The Labute approximate surface area is 158 Å². The van der Waals surface area contributed by atoms with Crippen LogP contribution in [0.1, 0.15) is 40.5 Å². The number of rotatable bonds is 3. The van der Waals surface area contributed by atoms with Crippen molar-refractivity contribution in [2.45, 2.75) is 76.2 Å². The second kappa shape index (κ2) is 5.78. The van der Waals surface area contributed by atoms with Crippen molar-refractivity contribution in [3.63, 3.8) is 0 Å². The van der Waals surface area contributed by atoms with E-state index >= 15 is 0 Å². The average Bonchev–Trinajstić information content (AvgIpc) is 3.07. The second-order valence-electron chi connectivity index (χ2n) is 9.37. The van der Waals surface area contributed by atoms with E-state index in [1.54, 1.807) is 6.92 Å². The molecule has 4 rings (SSSR count). The van der Waals surface area contributed by atoms with Crippen LogP contribution >= 0.6 is 0 Å². The molecule has 2 heterocycles. The second-order valence-corrected chi connectivity index (χ2v) is 9.37. The van der Waals surface area contributed by atoms with Crippen LogP contribution in [0.15, 0.2) is 12.2 Å². The predicted octanol–water partition coefficient (Wildman–Crippen LogP) is 0.961. The third kappa shape index (κ3) is 2.66. The highest BCUT2D eigenvalue weighted by Gasteiger charge is 2.78. The van der Waals surface area contributed by atoms with Crippen molar-refractivity contribution in [2.24, 2.45) is 23.7 Å².